The number of carbonyl (C=O) groups excluding carboxylic acids is 1. The zero-order chi connectivity index (χ0) is 18.5. The van der Waals surface area contributed by atoms with Crippen molar-refractivity contribution in [2.75, 3.05) is 5.32 Å². The number of benzene rings is 1. The average Bonchev–Trinajstić information content (AvgIpc) is 3.21. The van der Waals surface area contributed by atoms with Gasteiger partial charge in [-0.2, -0.15) is 22.8 Å². The van der Waals surface area contributed by atoms with E-state index in [1.807, 2.05) is 0 Å². The topological polar surface area (TPSA) is 95.0 Å². The van der Waals surface area contributed by atoms with Crippen LogP contribution >= 0.6 is 0 Å². The molecule has 0 unspecified atom stereocenters. The number of halogens is 3. The van der Waals surface area contributed by atoms with Crippen molar-refractivity contribution >= 4 is 28.1 Å². The van der Waals surface area contributed by atoms with E-state index in [1.54, 1.807) is 0 Å². The van der Waals surface area contributed by atoms with Gasteiger partial charge in [0.2, 0.25) is 0 Å². The SMILES string of the molecule is O=C(Nc1cc2[nH]ccc2cc1C(F)(F)F)c1c[nH]c2ccnn2c1=O. The van der Waals surface area contributed by atoms with Crippen molar-refractivity contribution in [3.05, 3.63) is 64.3 Å². The molecule has 0 aliphatic heterocycles. The normalized spacial score (nSPS) is 12.0. The lowest BCUT2D eigenvalue weighted by Gasteiger charge is -2.14. The molecule has 10 heteroatoms. The van der Waals surface area contributed by atoms with E-state index in [-0.39, 0.29) is 5.56 Å². The fraction of sp³-hybridized carbons (Fsp3) is 0.0625. The van der Waals surface area contributed by atoms with Crippen LogP contribution < -0.4 is 10.9 Å². The molecule has 0 radical (unpaired) electrons. The number of alkyl halides is 3. The van der Waals surface area contributed by atoms with E-state index in [1.165, 1.54) is 30.6 Å². The lowest BCUT2D eigenvalue weighted by molar-refractivity contribution is -0.136. The minimum atomic E-state index is -4.67. The van der Waals surface area contributed by atoms with Gasteiger partial charge in [0, 0.05) is 29.4 Å². The summed E-state index contributed by atoms with van der Waals surface area (Å²) in [5.74, 6) is -0.972. The number of aromatic amines is 2. The summed E-state index contributed by atoms with van der Waals surface area (Å²) in [6, 6.07) is 5.12. The lowest BCUT2D eigenvalue weighted by atomic mass is 10.1. The molecular weight excluding hydrogens is 351 g/mol. The fourth-order valence-electron chi connectivity index (χ4n) is 2.69. The number of hydrogen-bond donors (Lipinski definition) is 3. The summed E-state index contributed by atoms with van der Waals surface area (Å²) in [4.78, 5) is 30.1. The largest absolute Gasteiger partial charge is 0.418 e. The van der Waals surface area contributed by atoms with Crippen LogP contribution in [0.15, 0.2) is 47.7 Å². The summed E-state index contributed by atoms with van der Waals surface area (Å²) in [5.41, 5.74) is -1.77. The quantitative estimate of drug-likeness (QED) is 0.512. The Bertz CT molecular complexity index is 1200. The molecule has 7 nitrogen and oxygen atoms in total. The minimum absolute atomic E-state index is 0.353. The molecule has 0 atom stereocenters. The zero-order valence-electron chi connectivity index (χ0n) is 12.9. The number of amides is 1. The number of carbonyl (C=O) groups is 1. The molecule has 0 fully saturated rings. The van der Waals surface area contributed by atoms with Gasteiger partial charge < -0.3 is 15.3 Å². The Kier molecular flexibility index (Phi) is 3.36. The highest BCUT2D eigenvalue weighted by atomic mass is 19.4. The second-order valence-corrected chi connectivity index (χ2v) is 5.55. The van der Waals surface area contributed by atoms with Crippen molar-refractivity contribution in [2.24, 2.45) is 0 Å². The van der Waals surface area contributed by atoms with E-state index in [9.17, 15) is 22.8 Å². The zero-order valence-corrected chi connectivity index (χ0v) is 12.9. The second kappa shape index (κ2) is 5.48. The van der Waals surface area contributed by atoms with Gasteiger partial charge in [0.1, 0.15) is 11.2 Å². The molecule has 0 aliphatic carbocycles. The molecule has 1 amide bonds. The number of hydrogen-bond acceptors (Lipinski definition) is 3. The second-order valence-electron chi connectivity index (χ2n) is 5.55. The van der Waals surface area contributed by atoms with Crippen LogP contribution in [0.4, 0.5) is 18.9 Å². The molecule has 4 rings (SSSR count). The third-order valence-electron chi connectivity index (χ3n) is 3.92. The van der Waals surface area contributed by atoms with Crippen molar-refractivity contribution in [1.82, 2.24) is 19.6 Å². The van der Waals surface area contributed by atoms with Crippen LogP contribution in [0.2, 0.25) is 0 Å². The van der Waals surface area contributed by atoms with Gasteiger partial charge in [-0.1, -0.05) is 0 Å². The number of aromatic nitrogens is 4. The van der Waals surface area contributed by atoms with Gasteiger partial charge in [-0.05, 0) is 18.2 Å². The molecule has 3 heterocycles. The highest BCUT2D eigenvalue weighted by Crippen LogP contribution is 2.37. The van der Waals surface area contributed by atoms with Gasteiger partial charge in [-0.3, -0.25) is 9.59 Å². The van der Waals surface area contributed by atoms with Crippen molar-refractivity contribution in [2.45, 2.75) is 6.18 Å². The lowest BCUT2D eigenvalue weighted by Crippen LogP contribution is -2.27. The predicted octanol–water partition coefficient (Wildman–Crippen LogP) is 2.78. The first-order chi connectivity index (χ1) is 12.3. The predicted molar refractivity (Wildman–Crippen MR) is 87.1 cm³/mol. The summed E-state index contributed by atoms with van der Waals surface area (Å²) in [5, 5.41) is 6.29. The molecular formula is C16H10F3N5O2. The van der Waals surface area contributed by atoms with Crippen molar-refractivity contribution in [3.63, 3.8) is 0 Å². The molecule has 26 heavy (non-hydrogen) atoms. The van der Waals surface area contributed by atoms with Crippen LogP contribution in [0.25, 0.3) is 16.6 Å². The number of H-pyrrole nitrogens is 2. The number of rotatable bonds is 2. The maximum absolute atomic E-state index is 13.3. The van der Waals surface area contributed by atoms with Gasteiger partial charge in [0.25, 0.3) is 11.5 Å². The maximum Gasteiger partial charge on any atom is 0.418 e. The Hall–Kier alpha value is -3.56. The number of fused-ring (bicyclic) bond motifs is 2. The van der Waals surface area contributed by atoms with Crippen LogP contribution in [0.3, 0.4) is 0 Å². The molecule has 0 saturated carbocycles. The first kappa shape index (κ1) is 15.9. The van der Waals surface area contributed by atoms with E-state index in [2.05, 4.69) is 20.4 Å². The molecule has 132 valence electrons. The molecule has 0 aliphatic rings. The minimum Gasteiger partial charge on any atom is -0.361 e. The Morgan fingerprint density at radius 2 is 2.00 bits per heavy atom. The Labute approximate surface area is 142 Å². The Morgan fingerprint density at radius 3 is 2.77 bits per heavy atom. The third-order valence-corrected chi connectivity index (χ3v) is 3.92. The highest BCUT2D eigenvalue weighted by Gasteiger charge is 2.34. The molecule has 0 saturated heterocycles. The van der Waals surface area contributed by atoms with E-state index in [0.717, 1.165) is 16.8 Å². The van der Waals surface area contributed by atoms with Crippen LogP contribution in [0.5, 0.6) is 0 Å². The fourth-order valence-corrected chi connectivity index (χ4v) is 2.69. The Morgan fingerprint density at radius 1 is 1.19 bits per heavy atom. The Balaban J connectivity index is 1.79. The van der Waals surface area contributed by atoms with Crippen LogP contribution in [0.1, 0.15) is 15.9 Å². The first-order valence-corrected chi connectivity index (χ1v) is 7.40. The highest BCUT2D eigenvalue weighted by molar-refractivity contribution is 6.05. The van der Waals surface area contributed by atoms with Gasteiger partial charge in [0.05, 0.1) is 17.4 Å². The van der Waals surface area contributed by atoms with E-state index in [0.29, 0.717) is 16.6 Å². The summed E-state index contributed by atoms with van der Waals surface area (Å²) < 4.78 is 41.0. The number of anilines is 1. The first-order valence-electron chi connectivity index (χ1n) is 7.40. The van der Waals surface area contributed by atoms with E-state index >= 15 is 0 Å². The summed E-state index contributed by atoms with van der Waals surface area (Å²) in [6.07, 6.45) is -0.690. The summed E-state index contributed by atoms with van der Waals surface area (Å²) >= 11 is 0. The summed E-state index contributed by atoms with van der Waals surface area (Å²) in [6.45, 7) is 0. The van der Waals surface area contributed by atoms with E-state index < -0.39 is 28.9 Å². The molecule has 1 aromatic carbocycles. The smallest absolute Gasteiger partial charge is 0.361 e. The van der Waals surface area contributed by atoms with Crippen molar-refractivity contribution in [3.8, 4) is 0 Å². The van der Waals surface area contributed by atoms with Crippen LogP contribution in [0, 0.1) is 0 Å². The van der Waals surface area contributed by atoms with Gasteiger partial charge in [0.15, 0.2) is 0 Å². The van der Waals surface area contributed by atoms with Crippen molar-refractivity contribution in [1.29, 1.82) is 0 Å². The van der Waals surface area contributed by atoms with Gasteiger partial charge in [-0.15, -0.1) is 0 Å². The van der Waals surface area contributed by atoms with Gasteiger partial charge >= 0.3 is 6.18 Å². The monoisotopic (exact) mass is 361 g/mol. The van der Waals surface area contributed by atoms with Gasteiger partial charge in [-0.25, -0.2) is 0 Å². The number of nitrogens with one attached hydrogen (secondary N) is 3. The molecule has 0 bridgehead atoms. The van der Waals surface area contributed by atoms with Crippen molar-refractivity contribution < 1.29 is 18.0 Å². The summed E-state index contributed by atoms with van der Waals surface area (Å²) in [7, 11) is 0. The molecule has 4 aromatic rings. The molecule has 0 spiro atoms. The van der Waals surface area contributed by atoms with Crippen LogP contribution in [-0.4, -0.2) is 25.5 Å². The third kappa shape index (κ3) is 2.51. The average molecular weight is 361 g/mol. The molecule has 3 aromatic heterocycles. The maximum atomic E-state index is 13.3. The standard InChI is InChI=1S/C16H10F3N5O2/c17-16(18,19)10-5-8-1-3-20-11(8)6-12(10)23-14(25)9-7-21-13-2-4-22-24(13)15(9)26/h1-7,20-21H,(H,23,25). The molecule has 3 N–H and O–H groups in total. The number of nitrogens with zero attached hydrogens (tertiary/aromatic N) is 2. The van der Waals surface area contributed by atoms with E-state index in [4.69, 9.17) is 0 Å². The van der Waals surface area contributed by atoms with Crippen LogP contribution in [-0.2, 0) is 6.18 Å².